The Bertz CT molecular complexity index is 623. The molecule has 5 nitrogen and oxygen atoms in total. The van der Waals surface area contributed by atoms with Gasteiger partial charge in [0.2, 0.25) is 15.9 Å². The zero-order valence-electron chi connectivity index (χ0n) is 11.9. The molecule has 0 bridgehead atoms. The summed E-state index contributed by atoms with van der Waals surface area (Å²) in [7, 11) is -4.42. The molecule has 0 radical (unpaired) electrons. The maximum Gasteiger partial charge on any atom is 0.246 e. The van der Waals surface area contributed by atoms with E-state index in [1.54, 1.807) is 0 Å². The van der Waals surface area contributed by atoms with E-state index in [1.807, 2.05) is 4.72 Å². The van der Waals surface area contributed by atoms with Crippen molar-refractivity contribution in [1.29, 1.82) is 0 Å². The van der Waals surface area contributed by atoms with E-state index >= 15 is 0 Å². The molecular formula is C14H18F2N2O3S. The Morgan fingerprint density at radius 2 is 1.73 bits per heavy atom. The minimum absolute atomic E-state index is 0.0379. The van der Waals surface area contributed by atoms with Crippen LogP contribution in [0.3, 0.4) is 0 Å². The summed E-state index contributed by atoms with van der Waals surface area (Å²) in [5, 5.41) is 2.72. The average Bonchev–Trinajstić information content (AvgIpc) is 2.46. The van der Waals surface area contributed by atoms with Crippen molar-refractivity contribution in [2.45, 2.75) is 43.0 Å². The van der Waals surface area contributed by atoms with Crippen molar-refractivity contribution in [3.63, 3.8) is 0 Å². The highest BCUT2D eigenvalue weighted by Gasteiger charge is 2.24. The minimum atomic E-state index is -4.42. The molecule has 1 aromatic rings. The van der Waals surface area contributed by atoms with Crippen molar-refractivity contribution < 1.29 is 22.0 Å². The molecule has 0 saturated heterocycles. The van der Waals surface area contributed by atoms with Crippen LogP contribution in [0.2, 0.25) is 0 Å². The molecule has 22 heavy (non-hydrogen) atoms. The fourth-order valence-corrected chi connectivity index (χ4v) is 3.61. The van der Waals surface area contributed by atoms with E-state index in [1.165, 1.54) is 0 Å². The number of rotatable bonds is 5. The van der Waals surface area contributed by atoms with Crippen molar-refractivity contribution in [3.8, 4) is 0 Å². The Labute approximate surface area is 128 Å². The van der Waals surface area contributed by atoms with E-state index in [9.17, 15) is 22.0 Å². The number of nitrogens with one attached hydrogen (secondary N) is 2. The fraction of sp³-hybridized carbons (Fsp3) is 0.500. The Morgan fingerprint density at radius 3 is 2.32 bits per heavy atom. The third kappa shape index (κ3) is 4.23. The van der Waals surface area contributed by atoms with Crippen LogP contribution in [-0.2, 0) is 14.8 Å². The standard InChI is InChI=1S/C14H18F2N2O3S/c15-11-7-4-8-12(16)14(11)22(20,21)17-9-13(19)18-10-5-2-1-3-6-10/h4,7-8,10,17H,1-3,5-6,9H2,(H,18,19). The molecule has 1 aliphatic rings. The lowest BCUT2D eigenvalue weighted by atomic mass is 9.95. The number of hydrogen-bond acceptors (Lipinski definition) is 3. The molecule has 0 unspecified atom stereocenters. The van der Waals surface area contributed by atoms with Crippen LogP contribution in [0.5, 0.6) is 0 Å². The molecule has 1 saturated carbocycles. The maximum atomic E-state index is 13.5. The van der Waals surface area contributed by atoms with Gasteiger partial charge < -0.3 is 5.32 Å². The van der Waals surface area contributed by atoms with Gasteiger partial charge in [-0.3, -0.25) is 4.79 Å². The molecule has 122 valence electrons. The number of halogens is 2. The molecule has 0 heterocycles. The van der Waals surface area contributed by atoms with Crippen LogP contribution >= 0.6 is 0 Å². The topological polar surface area (TPSA) is 75.3 Å². The summed E-state index contributed by atoms with van der Waals surface area (Å²) in [6, 6.07) is 2.80. The second kappa shape index (κ2) is 7.15. The first-order valence-corrected chi connectivity index (χ1v) is 8.61. The van der Waals surface area contributed by atoms with Crippen molar-refractivity contribution >= 4 is 15.9 Å². The molecule has 1 amide bonds. The zero-order chi connectivity index (χ0) is 16.2. The van der Waals surface area contributed by atoms with E-state index in [-0.39, 0.29) is 6.04 Å². The number of amides is 1. The first kappa shape index (κ1) is 16.8. The zero-order valence-corrected chi connectivity index (χ0v) is 12.8. The van der Waals surface area contributed by atoms with E-state index in [0.29, 0.717) is 0 Å². The van der Waals surface area contributed by atoms with Crippen molar-refractivity contribution in [3.05, 3.63) is 29.8 Å². The van der Waals surface area contributed by atoms with Gasteiger partial charge >= 0.3 is 0 Å². The molecule has 1 fully saturated rings. The highest BCUT2D eigenvalue weighted by molar-refractivity contribution is 7.89. The molecule has 1 aliphatic carbocycles. The van der Waals surface area contributed by atoms with Crippen LogP contribution in [0.15, 0.2) is 23.1 Å². The predicted octanol–water partition coefficient (Wildman–Crippen LogP) is 1.69. The normalized spacial score (nSPS) is 16.5. The van der Waals surface area contributed by atoms with Gasteiger partial charge in [-0.25, -0.2) is 21.9 Å². The van der Waals surface area contributed by atoms with E-state index in [2.05, 4.69) is 5.32 Å². The predicted molar refractivity (Wildman–Crippen MR) is 76.6 cm³/mol. The second-order valence-electron chi connectivity index (χ2n) is 5.28. The lowest BCUT2D eigenvalue weighted by Gasteiger charge is -2.22. The van der Waals surface area contributed by atoms with Gasteiger partial charge in [0.1, 0.15) is 11.6 Å². The molecule has 2 N–H and O–H groups in total. The van der Waals surface area contributed by atoms with Crippen LogP contribution in [0.25, 0.3) is 0 Å². The van der Waals surface area contributed by atoms with E-state index in [4.69, 9.17) is 0 Å². The lowest BCUT2D eigenvalue weighted by Crippen LogP contribution is -2.42. The molecule has 0 aliphatic heterocycles. The number of carbonyl (C=O) groups excluding carboxylic acids is 1. The fourth-order valence-electron chi connectivity index (χ4n) is 2.50. The smallest absolute Gasteiger partial charge is 0.246 e. The average molecular weight is 332 g/mol. The first-order valence-electron chi connectivity index (χ1n) is 7.13. The molecule has 2 rings (SSSR count). The third-order valence-corrected chi connectivity index (χ3v) is 5.03. The largest absolute Gasteiger partial charge is 0.352 e. The number of carbonyl (C=O) groups is 1. The summed E-state index contributed by atoms with van der Waals surface area (Å²) < 4.78 is 52.7. The quantitative estimate of drug-likeness (QED) is 0.862. The maximum absolute atomic E-state index is 13.5. The monoisotopic (exact) mass is 332 g/mol. The second-order valence-corrected chi connectivity index (χ2v) is 6.98. The van der Waals surface area contributed by atoms with E-state index in [0.717, 1.165) is 50.3 Å². The van der Waals surface area contributed by atoms with Gasteiger partial charge in [0.25, 0.3) is 0 Å². The summed E-state index contributed by atoms with van der Waals surface area (Å²) in [5.41, 5.74) is 0. The summed E-state index contributed by atoms with van der Waals surface area (Å²) >= 11 is 0. The van der Waals surface area contributed by atoms with Gasteiger partial charge in [-0.15, -0.1) is 0 Å². The summed E-state index contributed by atoms with van der Waals surface area (Å²) in [4.78, 5) is 10.7. The van der Waals surface area contributed by atoms with Gasteiger partial charge in [0.05, 0.1) is 6.54 Å². The van der Waals surface area contributed by atoms with Crippen LogP contribution < -0.4 is 10.0 Å². The summed E-state index contributed by atoms with van der Waals surface area (Å²) in [6.07, 6.45) is 4.90. The molecule has 1 aromatic carbocycles. The highest BCUT2D eigenvalue weighted by atomic mass is 32.2. The Balaban J connectivity index is 1.96. The van der Waals surface area contributed by atoms with Crippen LogP contribution in [0.4, 0.5) is 8.78 Å². The van der Waals surface area contributed by atoms with Gasteiger partial charge in [0, 0.05) is 6.04 Å². The lowest BCUT2D eigenvalue weighted by molar-refractivity contribution is -0.120. The molecule has 0 aromatic heterocycles. The highest BCUT2D eigenvalue weighted by Crippen LogP contribution is 2.18. The number of sulfonamides is 1. The Kier molecular flexibility index (Phi) is 5.47. The van der Waals surface area contributed by atoms with Gasteiger partial charge in [-0.2, -0.15) is 0 Å². The van der Waals surface area contributed by atoms with Crippen molar-refractivity contribution in [2.75, 3.05) is 6.54 Å². The van der Waals surface area contributed by atoms with Crippen molar-refractivity contribution in [2.24, 2.45) is 0 Å². The molecule has 8 heteroatoms. The third-order valence-electron chi connectivity index (χ3n) is 3.58. The number of hydrogen-bond donors (Lipinski definition) is 2. The van der Waals surface area contributed by atoms with Crippen molar-refractivity contribution in [1.82, 2.24) is 10.0 Å². The first-order chi connectivity index (χ1) is 10.4. The van der Waals surface area contributed by atoms with Gasteiger partial charge in [-0.1, -0.05) is 25.3 Å². The van der Waals surface area contributed by atoms with Crippen LogP contribution in [-0.4, -0.2) is 26.9 Å². The van der Waals surface area contributed by atoms with Gasteiger partial charge in [0.15, 0.2) is 4.90 Å². The Morgan fingerprint density at radius 1 is 1.14 bits per heavy atom. The molecule has 0 atom stereocenters. The molecule has 0 spiro atoms. The van der Waals surface area contributed by atoms with Crippen LogP contribution in [0, 0.1) is 11.6 Å². The molecular weight excluding hydrogens is 314 g/mol. The van der Waals surface area contributed by atoms with E-state index < -0.39 is 39.0 Å². The Hall–Kier alpha value is -1.54. The summed E-state index contributed by atoms with van der Waals surface area (Å²) in [6.45, 7) is -0.549. The SMILES string of the molecule is O=C(CNS(=O)(=O)c1c(F)cccc1F)NC1CCCCC1. The van der Waals surface area contributed by atoms with Gasteiger partial charge in [-0.05, 0) is 25.0 Å². The van der Waals surface area contributed by atoms with Crippen LogP contribution in [0.1, 0.15) is 32.1 Å². The minimum Gasteiger partial charge on any atom is -0.352 e. The number of benzene rings is 1. The summed E-state index contributed by atoms with van der Waals surface area (Å²) in [5.74, 6) is -2.90.